The van der Waals surface area contributed by atoms with Crippen LogP contribution in [0.3, 0.4) is 0 Å². The molecule has 1 atom stereocenters. The molecule has 11 heavy (non-hydrogen) atoms. The fourth-order valence-corrected chi connectivity index (χ4v) is 0.918. The highest BCUT2D eigenvalue weighted by Gasteiger charge is 1.99. The Kier molecular flexibility index (Phi) is 2.62. The van der Waals surface area contributed by atoms with Crippen molar-refractivity contribution in [2.45, 2.75) is 13.3 Å². The summed E-state index contributed by atoms with van der Waals surface area (Å²) >= 11 is 0. The molecule has 1 unspecified atom stereocenters. The van der Waals surface area contributed by atoms with Gasteiger partial charge in [-0.15, -0.1) is 0 Å². The van der Waals surface area contributed by atoms with E-state index >= 15 is 0 Å². The van der Waals surface area contributed by atoms with E-state index in [4.69, 9.17) is 5.26 Å². The van der Waals surface area contributed by atoms with Crippen molar-refractivity contribution in [3.05, 3.63) is 30.1 Å². The molecule has 2 heteroatoms. The van der Waals surface area contributed by atoms with E-state index < -0.39 is 0 Å². The van der Waals surface area contributed by atoms with Gasteiger partial charge in [-0.05, 0) is 25.0 Å². The van der Waals surface area contributed by atoms with Crippen LogP contribution in [0.25, 0.3) is 0 Å². The van der Waals surface area contributed by atoms with E-state index in [1.54, 1.807) is 12.4 Å². The van der Waals surface area contributed by atoms with Gasteiger partial charge in [0.25, 0.3) is 0 Å². The molecule has 0 aliphatic rings. The largest absolute Gasteiger partial charge is 0.264 e. The summed E-state index contributed by atoms with van der Waals surface area (Å²) < 4.78 is 0. The van der Waals surface area contributed by atoms with Gasteiger partial charge in [-0.3, -0.25) is 4.98 Å². The normalized spacial score (nSPS) is 12.0. The molecule has 0 fully saturated rings. The van der Waals surface area contributed by atoms with Gasteiger partial charge in [0, 0.05) is 18.3 Å². The summed E-state index contributed by atoms with van der Waals surface area (Å²) in [5, 5.41) is 8.53. The molecule has 0 aromatic carbocycles. The summed E-state index contributed by atoms with van der Waals surface area (Å²) in [4.78, 5) is 3.96. The molecule has 2 nitrogen and oxygen atoms in total. The number of nitriles is 1. The fourth-order valence-electron chi connectivity index (χ4n) is 0.918. The number of hydrogen-bond acceptors (Lipinski definition) is 2. The molecule has 0 N–H and O–H groups in total. The van der Waals surface area contributed by atoms with E-state index in [-0.39, 0.29) is 5.92 Å². The summed E-state index contributed by atoms with van der Waals surface area (Å²) in [6.07, 6.45) is 4.33. The van der Waals surface area contributed by atoms with Crippen LogP contribution in [0.4, 0.5) is 0 Å². The molecule has 0 aliphatic heterocycles. The number of pyridine rings is 1. The molecule has 56 valence electrons. The van der Waals surface area contributed by atoms with Crippen molar-refractivity contribution in [1.82, 2.24) is 4.98 Å². The fraction of sp³-hybridized carbons (Fsp3) is 0.333. The molecule has 1 aromatic rings. The molecule has 0 amide bonds. The van der Waals surface area contributed by atoms with Crippen LogP contribution in [0.15, 0.2) is 24.5 Å². The average molecular weight is 146 g/mol. The highest BCUT2D eigenvalue weighted by molar-refractivity contribution is 5.10. The summed E-state index contributed by atoms with van der Waals surface area (Å²) in [7, 11) is 0. The maximum Gasteiger partial charge on any atom is 0.0656 e. The summed E-state index contributed by atoms with van der Waals surface area (Å²) in [6.45, 7) is 1.91. The van der Waals surface area contributed by atoms with Crippen molar-refractivity contribution in [1.29, 1.82) is 5.26 Å². The highest BCUT2D eigenvalue weighted by atomic mass is 14.6. The SMILES string of the molecule is CC(C#N)Cc1cccnc1. The molecule has 0 saturated carbocycles. The average Bonchev–Trinajstić information content (AvgIpc) is 2.06. The van der Waals surface area contributed by atoms with Gasteiger partial charge < -0.3 is 0 Å². The van der Waals surface area contributed by atoms with E-state index in [0.29, 0.717) is 0 Å². The summed E-state index contributed by atoms with van der Waals surface area (Å²) in [6, 6.07) is 6.06. The topological polar surface area (TPSA) is 36.7 Å². The lowest BCUT2D eigenvalue weighted by atomic mass is 10.0. The van der Waals surface area contributed by atoms with Crippen molar-refractivity contribution >= 4 is 0 Å². The molecular formula is C9H10N2. The maximum atomic E-state index is 8.53. The van der Waals surface area contributed by atoms with Crippen LogP contribution in [0.1, 0.15) is 12.5 Å². The molecule has 1 heterocycles. The van der Waals surface area contributed by atoms with Gasteiger partial charge in [-0.25, -0.2) is 0 Å². The third kappa shape index (κ3) is 2.38. The quantitative estimate of drug-likeness (QED) is 0.637. The number of nitrogens with zero attached hydrogens (tertiary/aromatic N) is 2. The van der Waals surface area contributed by atoms with E-state index in [1.807, 2.05) is 19.1 Å². The molecule has 1 aromatic heterocycles. The van der Waals surface area contributed by atoms with E-state index in [1.165, 1.54) is 0 Å². The monoisotopic (exact) mass is 146 g/mol. The van der Waals surface area contributed by atoms with E-state index in [2.05, 4.69) is 11.1 Å². The zero-order valence-electron chi connectivity index (χ0n) is 6.49. The number of rotatable bonds is 2. The first-order valence-electron chi connectivity index (χ1n) is 3.61. The van der Waals surface area contributed by atoms with Crippen LogP contribution in [0.5, 0.6) is 0 Å². The van der Waals surface area contributed by atoms with Gasteiger partial charge in [0.1, 0.15) is 0 Å². The highest BCUT2D eigenvalue weighted by Crippen LogP contribution is 2.04. The summed E-state index contributed by atoms with van der Waals surface area (Å²) in [5.74, 6) is 0.0826. The van der Waals surface area contributed by atoms with Crippen LogP contribution >= 0.6 is 0 Å². The Morgan fingerprint density at radius 2 is 2.55 bits per heavy atom. The Morgan fingerprint density at radius 3 is 3.09 bits per heavy atom. The van der Waals surface area contributed by atoms with Crippen molar-refractivity contribution in [3.8, 4) is 6.07 Å². The lowest BCUT2D eigenvalue weighted by molar-refractivity contribution is 0.736. The van der Waals surface area contributed by atoms with Crippen LogP contribution in [0, 0.1) is 17.2 Å². The minimum atomic E-state index is 0.0826. The zero-order valence-corrected chi connectivity index (χ0v) is 6.49. The van der Waals surface area contributed by atoms with Crippen molar-refractivity contribution in [3.63, 3.8) is 0 Å². The Hall–Kier alpha value is -1.36. The Morgan fingerprint density at radius 1 is 1.73 bits per heavy atom. The molecule has 0 spiro atoms. The lowest BCUT2D eigenvalue weighted by Crippen LogP contribution is -1.95. The second kappa shape index (κ2) is 3.72. The first kappa shape index (κ1) is 7.74. The predicted molar refractivity (Wildman–Crippen MR) is 42.7 cm³/mol. The van der Waals surface area contributed by atoms with Gasteiger partial charge in [0.15, 0.2) is 0 Å². The third-order valence-corrected chi connectivity index (χ3v) is 1.49. The van der Waals surface area contributed by atoms with Crippen LogP contribution in [0.2, 0.25) is 0 Å². The number of aromatic nitrogens is 1. The van der Waals surface area contributed by atoms with E-state index in [9.17, 15) is 0 Å². The van der Waals surface area contributed by atoms with Gasteiger partial charge >= 0.3 is 0 Å². The van der Waals surface area contributed by atoms with Crippen LogP contribution in [-0.2, 0) is 6.42 Å². The van der Waals surface area contributed by atoms with Gasteiger partial charge in [-0.2, -0.15) is 5.26 Å². The predicted octanol–water partition coefficient (Wildman–Crippen LogP) is 1.78. The second-order valence-electron chi connectivity index (χ2n) is 2.60. The smallest absolute Gasteiger partial charge is 0.0656 e. The molecular weight excluding hydrogens is 136 g/mol. The standard InChI is InChI=1S/C9H10N2/c1-8(6-10)5-9-3-2-4-11-7-9/h2-4,7-8H,5H2,1H3. The Labute approximate surface area is 66.5 Å². The maximum absolute atomic E-state index is 8.53. The molecule has 0 saturated heterocycles. The Bertz CT molecular complexity index is 248. The van der Waals surface area contributed by atoms with Gasteiger partial charge in [-0.1, -0.05) is 6.07 Å². The zero-order chi connectivity index (χ0) is 8.10. The Balaban J connectivity index is 2.60. The van der Waals surface area contributed by atoms with Crippen molar-refractivity contribution in [2.24, 2.45) is 5.92 Å². The molecule has 0 bridgehead atoms. The molecule has 0 radical (unpaired) electrons. The lowest BCUT2D eigenvalue weighted by Gasteiger charge is -1.99. The van der Waals surface area contributed by atoms with Crippen molar-refractivity contribution < 1.29 is 0 Å². The third-order valence-electron chi connectivity index (χ3n) is 1.49. The van der Waals surface area contributed by atoms with E-state index in [0.717, 1.165) is 12.0 Å². The van der Waals surface area contributed by atoms with Gasteiger partial charge in [0.2, 0.25) is 0 Å². The van der Waals surface area contributed by atoms with Crippen LogP contribution in [-0.4, -0.2) is 4.98 Å². The molecule has 0 aliphatic carbocycles. The minimum absolute atomic E-state index is 0.0826. The van der Waals surface area contributed by atoms with Crippen LogP contribution < -0.4 is 0 Å². The summed E-state index contributed by atoms with van der Waals surface area (Å²) in [5.41, 5.74) is 1.13. The first-order valence-corrected chi connectivity index (χ1v) is 3.61. The minimum Gasteiger partial charge on any atom is -0.264 e. The van der Waals surface area contributed by atoms with Gasteiger partial charge in [0.05, 0.1) is 6.07 Å². The molecule has 1 rings (SSSR count). The second-order valence-corrected chi connectivity index (χ2v) is 2.60. The van der Waals surface area contributed by atoms with Crippen molar-refractivity contribution in [2.75, 3.05) is 0 Å². The first-order chi connectivity index (χ1) is 5.33. The number of hydrogen-bond donors (Lipinski definition) is 0.